The number of hydrogen-bond donors (Lipinski definition) is 2. The second-order valence-corrected chi connectivity index (χ2v) is 6.06. The van der Waals surface area contributed by atoms with Crippen LogP contribution in [0.25, 0.3) is 0 Å². The van der Waals surface area contributed by atoms with Gasteiger partial charge in [0.15, 0.2) is 0 Å². The number of fused-ring (bicyclic) bond motifs is 1. The molecule has 3 rings (SSSR count). The first kappa shape index (κ1) is 15.0. The van der Waals surface area contributed by atoms with Crippen LogP contribution in [0.15, 0.2) is 42.5 Å². The Kier molecular flexibility index (Phi) is 3.89. The highest BCUT2D eigenvalue weighted by atomic mass is 35.5. The Bertz CT molecular complexity index is 722. The topological polar surface area (TPSA) is 64.4 Å². The first-order valence-corrected chi connectivity index (χ1v) is 7.54. The van der Waals surface area contributed by atoms with E-state index >= 15 is 0 Å². The molecule has 4 nitrogen and oxygen atoms in total. The van der Waals surface area contributed by atoms with E-state index in [0.29, 0.717) is 28.6 Å². The molecule has 0 fully saturated rings. The Morgan fingerprint density at radius 1 is 1.27 bits per heavy atom. The summed E-state index contributed by atoms with van der Waals surface area (Å²) in [5, 5.41) is 3.54. The average molecular weight is 337 g/mol. The monoisotopic (exact) mass is 336 g/mol. The van der Waals surface area contributed by atoms with Crippen molar-refractivity contribution in [3.05, 3.63) is 58.6 Å². The summed E-state index contributed by atoms with van der Waals surface area (Å²) >= 11 is 12.6. The van der Waals surface area contributed by atoms with Gasteiger partial charge in [0.2, 0.25) is 5.00 Å². The predicted octanol–water partition coefficient (Wildman–Crippen LogP) is 3.26. The number of hydrogen-bond acceptors (Lipinski definition) is 3. The van der Waals surface area contributed by atoms with Crippen molar-refractivity contribution < 1.29 is 9.53 Å². The first-order valence-electron chi connectivity index (χ1n) is 6.78. The number of anilines is 1. The molecule has 2 aromatic rings. The third-order valence-electron chi connectivity index (χ3n) is 3.57. The molecule has 1 amide bonds. The molecule has 22 heavy (non-hydrogen) atoms. The molecule has 0 bridgehead atoms. The molecule has 6 heteroatoms. The number of ether oxygens (including phenoxy) is 1. The van der Waals surface area contributed by atoms with Crippen LogP contribution in [0.2, 0.25) is 5.02 Å². The zero-order valence-corrected chi connectivity index (χ0v) is 13.1. The Morgan fingerprint density at radius 2 is 2.00 bits per heavy atom. The molecule has 1 unspecified atom stereocenters. The second kappa shape index (κ2) is 5.71. The van der Waals surface area contributed by atoms with E-state index in [1.54, 1.807) is 30.3 Å². The molecule has 1 aliphatic heterocycles. The minimum Gasteiger partial charge on any atom is -0.491 e. The highest BCUT2D eigenvalue weighted by Gasteiger charge is 2.37. The van der Waals surface area contributed by atoms with E-state index in [-0.39, 0.29) is 0 Å². The van der Waals surface area contributed by atoms with E-state index in [1.807, 2.05) is 12.1 Å². The summed E-state index contributed by atoms with van der Waals surface area (Å²) in [5.41, 5.74) is 7.61. The minimum absolute atomic E-state index is 0.545. The van der Waals surface area contributed by atoms with E-state index < -0.39 is 10.9 Å². The summed E-state index contributed by atoms with van der Waals surface area (Å²) < 4.78 is 5.61. The van der Waals surface area contributed by atoms with Crippen molar-refractivity contribution in [2.75, 3.05) is 11.9 Å². The summed E-state index contributed by atoms with van der Waals surface area (Å²) in [6.45, 7) is 0.571. The lowest BCUT2D eigenvalue weighted by atomic mass is 10.0. The molecule has 1 atom stereocenters. The van der Waals surface area contributed by atoms with Crippen LogP contribution in [0.3, 0.4) is 0 Å². The SMILES string of the molecule is NC(=O)C(Cl)(Nc1cc(Cl)cc2c1OCC2)c1ccccc1. The van der Waals surface area contributed by atoms with Crippen LogP contribution in [0, 0.1) is 0 Å². The molecule has 0 aliphatic carbocycles. The molecule has 0 saturated carbocycles. The maximum absolute atomic E-state index is 12.0. The molecule has 1 aliphatic rings. The van der Waals surface area contributed by atoms with Crippen LogP contribution in [-0.4, -0.2) is 12.5 Å². The zero-order chi connectivity index (χ0) is 15.7. The standard InChI is InChI=1S/C16H14Cl2N2O2/c17-12-8-10-6-7-22-14(10)13(9-12)20-16(18,15(19)21)11-4-2-1-3-5-11/h1-5,8-9,20H,6-7H2,(H2,19,21). The molecular formula is C16H14Cl2N2O2. The fourth-order valence-corrected chi connectivity index (χ4v) is 2.96. The smallest absolute Gasteiger partial charge is 0.263 e. The van der Waals surface area contributed by atoms with Gasteiger partial charge in [0.05, 0.1) is 12.3 Å². The van der Waals surface area contributed by atoms with Crippen LogP contribution >= 0.6 is 23.2 Å². The van der Waals surface area contributed by atoms with Crippen LogP contribution in [0.4, 0.5) is 5.69 Å². The van der Waals surface area contributed by atoms with Crippen molar-refractivity contribution in [1.29, 1.82) is 0 Å². The lowest BCUT2D eigenvalue weighted by Gasteiger charge is -2.27. The number of halogens is 2. The summed E-state index contributed by atoms with van der Waals surface area (Å²) in [6.07, 6.45) is 0.766. The second-order valence-electron chi connectivity index (χ2n) is 5.05. The molecule has 114 valence electrons. The van der Waals surface area contributed by atoms with Gasteiger partial charge in [-0.3, -0.25) is 4.79 Å². The number of benzene rings is 2. The van der Waals surface area contributed by atoms with E-state index in [9.17, 15) is 4.79 Å². The Balaban J connectivity index is 2.05. The minimum atomic E-state index is -1.58. The van der Waals surface area contributed by atoms with Crippen LogP contribution in [-0.2, 0) is 16.2 Å². The van der Waals surface area contributed by atoms with E-state index in [0.717, 1.165) is 12.0 Å². The fraction of sp³-hybridized carbons (Fsp3) is 0.188. The molecule has 1 heterocycles. The third kappa shape index (κ3) is 2.60. The Hall–Kier alpha value is -1.91. The van der Waals surface area contributed by atoms with Gasteiger partial charge >= 0.3 is 0 Å². The number of primary amides is 1. The van der Waals surface area contributed by atoms with Crippen molar-refractivity contribution in [2.24, 2.45) is 5.73 Å². The van der Waals surface area contributed by atoms with Gasteiger partial charge in [0, 0.05) is 22.6 Å². The third-order valence-corrected chi connectivity index (χ3v) is 4.28. The molecule has 0 radical (unpaired) electrons. The predicted molar refractivity (Wildman–Crippen MR) is 87.4 cm³/mol. The Morgan fingerprint density at radius 3 is 2.68 bits per heavy atom. The number of alkyl halides is 1. The zero-order valence-electron chi connectivity index (χ0n) is 11.6. The molecule has 0 aromatic heterocycles. The average Bonchev–Trinajstić information content (AvgIpc) is 2.96. The van der Waals surface area contributed by atoms with Crippen LogP contribution in [0.5, 0.6) is 5.75 Å². The lowest BCUT2D eigenvalue weighted by Crippen LogP contribution is -2.43. The molecule has 0 saturated heterocycles. The molecule has 2 aromatic carbocycles. The summed E-state index contributed by atoms with van der Waals surface area (Å²) in [6, 6.07) is 12.4. The lowest BCUT2D eigenvalue weighted by molar-refractivity contribution is -0.120. The summed E-state index contributed by atoms with van der Waals surface area (Å²) in [4.78, 5) is 10.4. The van der Waals surface area contributed by atoms with E-state index in [4.69, 9.17) is 33.7 Å². The van der Waals surface area contributed by atoms with Crippen molar-refractivity contribution >= 4 is 34.8 Å². The van der Waals surface area contributed by atoms with Gasteiger partial charge in [0.25, 0.3) is 5.91 Å². The fourth-order valence-electron chi connectivity index (χ4n) is 2.49. The first-order chi connectivity index (χ1) is 10.5. The van der Waals surface area contributed by atoms with Gasteiger partial charge in [-0.25, -0.2) is 0 Å². The van der Waals surface area contributed by atoms with Gasteiger partial charge in [-0.1, -0.05) is 53.5 Å². The van der Waals surface area contributed by atoms with Gasteiger partial charge in [0.1, 0.15) is 5.75 Å². The van der Waals surface area contributed by atoms with E-state index in [2.05, 4.69) is 5.32 Å². The molecular weight excluding hydrogens is 323 g/mol. The quantitative estimate of drug-likeness (QED) is 0.665. The van der Waals surface area contributed by atoms with Crippen molar-refractivity contribution in [1.82, 2.24) is 0 Å². The molecule has 0 spiro atoms. The number of nitrogens with one attached hydrogen (secondary N) is 1. The molecule has 3 N–H and O–H groups in total. The van der Waals surface area contributed by atoms with Crippen molar-refractivity contribution in [2.45, 2.75) is 11.4 Å². The number of carbonyl (C=O) groups excluding carboxylic acids is 1. The Labute approximate surface area is 138 Å². The number of carbonyl (C=O) groups is 1. The number of amides is 1. The van der Waals surface area contributed by atoms with Gasteiger partial charge < -0.3 is 15.8 Å². The summed E-state index contributed by atoms with van der Waals surface area (Å²) in [7, 11) is 0. The largest absolute Gasteiger partial charge is 0.491 e. The van der Waals surface area contributed by atoms with Crippen LogP contribution < -0.4 is 15.8 Å². The maximum Gasteiger partial charge on any atom is 0.263 e. The van der Waals surface area contributed by atoms with Crippen LogP contribution in [0.1, 0.15) is 11.1 Å². The van der Waals surface area contributed by atoms with Crippen molar-refractivity contribution in [3.63, 3.8) is 0 Å². The highest BCUT2D eigenvalue weighted by molar-refractivity contribution is 6.36. The van der Waals surface area contributed by atoms with Gasteiger partial charge in [-0.15, -0.1) is 0 Å². The normalized spacial score (nSPS) is 15.5. The maximum atomic E-state index is 12.0. The number of rotatable bonds is 4. The summed E-state index contributed by atoms with van der Waals surface area (Å²) in [5.74, 6) is -0.0429. The van der Waals surface area contributed by atoms with Gasteiger partial charge in [-0.05, 0) is 12.1 Å². The highest BCUT2D eigenvalue weighted by Crippen LogP contribution is 2.40. The van der Waals surface area contributed by atoms with Gasteiger partial charge in [-0.2, -0.15) is 0 Å². The van der Waals surface area contributed by atoms with E-state index in [1.165, 1.54) is 0 Å². The number of nitrogens with two attached hydrogens (primary N) is 1. The van der Waals surface area contributed by atoms with Crippen molar-refractivity contribution in [3.8, 4) is 5.75 Å².